The van der Waals surface area contributed by atoms with Crippen molar-refractivity contribution in [1.82, 2.24) is 14.2 Å². The second kappa shape index (κ2) is 8.65. The second-order valence-electron chi connectivity index (χ2n) is 6.72. The van der Waals surface area contributed by atoms with Crippen LogP contribution in [0.4, 0.5) is 0 Å². The van der Waals surface area contributed by atoms with Crippen LogP contribution < -0.4 is 0 Å². The number of piperazine rings is 1. The van der Waals surface area contributed by atoms with E-state index in [1.165, 1.54) is 39.9 Å². The number of sulfonamides is 1. The summed E-state index contributed by atoms with van der Waals surface area (Å²) in [5.74, 6) is -0.0477. The van der Waals surface area contributed by atoms with E-state index >= 15 is 0 Å². The van der Waals surface area contributed by atoms with E-state index in [1.807, 2.05) is 29.0 Å². The number of benzene rings is 1. The Kier molecular flexibility index (Phi) is 5.97. The van der Waals surface area contributed by atoms with Crippen molar-refractivity contribution in [3.63, 3.8) is 0 Å². The van der Waals surface area contributed by atoms with Crippen LogP contribution in [0.3, 0.4) is 0 Å². The van der Waals surface area contributed by atoms with Crippen molar-refractivity contribution in [3.8, 4) is 16.0 Å². The number of aromatic nitrogens is 1. The molecule has 0 N–H and O–H groups in total. The van der Waals surface area contributed by atoms with Crippen molar-refractivity contribution < 1.29 is 13.2 Å². The Balaban J connectivity index is 1.35. The zero-order valence-corrected chi connectivity index (χ0v) is 18.3. The van der Waals surface area contributed by atoms with Crippen molar-refractivity contribution in [2.75, 3.05) is 26.2 Å². The van der Waals surface area contributed by atoms with Crippen molar-refractivity contribution >= 4 is 38.6 Å². The summed E-state index contributed by atoms with van der Waals surface area (Å²) < 4.78 is 27.0. The van der Waals surface area contributed by atoms with E-state index in [0.717, 1.165) is 15.6 Å². The molecule has 3 aromatic rings. The van der Waals surface area contributed by atoms with Crippen molar-refractivity contribution in [2.45, 2.75) is 11.3 Å². The van der Waals surface area contributed by atoms with Gasteiger partial charge in [0.15, 0.2) is 0 Å². The largest absolute Gasteiger partial charge is 0.340 e. The first-order valence-corrected chi connectivity index (χ1v) is 12.4. The summed E-state index contributed by atoms with van der Waals surface area (Å²) in [5, 5.41) is 13.7. The molecule has 1 aliphatic rings. The van der Waals surface area contributed by atoms with E-state index in [9.17, 15) is 13.2 Å². The molecule has 1 fully saturated rings. The third kappa shape index (κ3) is 4.29. The highest BCUT2D eigenvalue weighted by molar-refractivity contribution is 7.89. The minimum absolute atomic E-state index is 0.0477. The van der Waals surface area contributed by atoms with Gasteiger partial charge < -0.3 is 4.90 Å². The lowest BCUT2D eigenvalue weighted by atomic mass is 10.2. The first kappa shape index (κ1) is 20.7. The molecular weight excluding hydrogens is 440 g/mol. The maximum atomic E-state index is 12.8. The molecule has 0 atom stereocenters. The van der Waals surface area contributed by atoms with Crippen LogP contribution >= 0.6 is 22.7 Å². The van der Waals surface area contributed by atoms with E-state index in [0.29, 0.717) is 18.7 Å². The molecule has 0 saturated carbocycles. The van der Waals surface area contributed by atoms with Gasteiger partial charge in [0.05, 0.1) is 33.5 Å². The van der Waals surface area contributed by atoms with Crippen LogP contribution in [-0.4, -0.2) is 54.7 Å². The van der Waals surface area contributed by atoms with Crippen LogP contribution in [0.5, 0.6) is 0 Å². The van der Waals surface area contributed by atoms with Gasteiger partial charge in [-0.1, -0.05) is 6.07 Å². The number of carbonyl (C=O) groups excluding carboxylic acids is 1. The SMILES string of the molecule is N#Cc1ccc(S(=O)(=O)N2CCN(C(=O)Cc3csc(-c4cccs4)n3)CC2)cc1. The van der Waals surface area contributed by atoms with Crippen molar-refractivity contribution in [1.29, 1.82) is 5.26 Å². The Morgan fingerprint density at radius 2 is 1.83 bits per heavy atom. The van der Waals surface area contributed by atoms with E-state index in [-0.39, 0.29) is 30.3 Å². The van der Waals surface area contributed by atoms with Crippen LogP contribution in [0.1, 0.15) is 11.3 Å². The van der Waals surface area contributed by atoms with E-state index in [4.69, 9.17) is 5.26 Å². The summed E-state index contributed by atoms with van der Waals surface area (Å²) in [5.41, 5.74) is 1.15. The summed E-state index contributed by atoms with van der Waals surface area (Å²) in [6.07, 6.45) is 0.213. The number of nitriles is 1. The minimum atomic E-state index is -3.64. The summed E-state index contributed by atoms with van der Waals surface area (Å²) in [6.45, 7) is 1.17. The van der Waals surface area contributed by atoms with E-state index in [1.54, 1.807) is 16.2 Å². The highest BCUT2D eigenvalue weighted by Crippen LogP contribution is 2.28. The smallest absolute Gasteiger partial charge is 0.243 e. The molecule has 2 aromatic heterocycles. The van der Waals surface area contributed by atoms with Crippen LogP contribution in [0.25, 0.3) is 9.88 Å². The minimum Gasteiger partial charge on any atom is -0.340 e. The van der Waals surface area contributed by atoms with Gasteiger partial charge in [0, 0.05) is 31.6 Å². The molecule has 0 spiro atoms. The van der Waals surface area contributed by atoms with Gasteiger partial charge in [-0.25, -0.2) is 13.4 Å². The van der Waals surface area contributed by atoms with E-state index < -0.39 is 10.0 Å². The molecule has 7 nitrogen and oxygen atoms in total. The maximum Gasteiger partial charge on any atom is 0.243 e. The highest BCUT2D eigenvalue weighted by Gasteiger charge is 2.30. The lowest BCUT2D eigenvalue weighted by molar-refractivity contribution is -0.131. The molecule has 4 rings (SSSR count). The summed E-state index contributed by atoms with van der Waals surface area (Å²) in [4.78, 5) is 20.1. The molecule has 0 unspecified atom stereocenters. The van der Waals surface area contributed by atoms with Gasteiger partial charge >= 0.3 is 0 Å². The zero-order chi connectivity index (χ0) is 21.1. The Labute approximate surface area is 182 Å². The average Bonchev–Trinajstić information content (AvgIpc) is 3.46. The Hall–Kier alpha value is -2.58. The second-order valence-corrected chi connectivity index (χ2v) is 10.5. The molecule has 1 saturated heterocycles. The normalized spacial score (nSPS) is 15.1. The van der Waals surface area contributed by atoms with Gasteiger partial charge in [-0.15, -0.1) is 22.7 Å². The maximum absolute atomic E-state index is 12.8. The molecule has 1 aromatic carbocycles. The number of amides is 1. The number of hydrogen-bond donors (Lipinski definition) is 0. The van der Waals surface area contributed by atoms with Crippen molar-refractivity contribution in [3.05, 3.63) is 58.4 Å². The standard InChI is InChI=1S/C20H18N4O3S3/c21-13-15-3-5-17(6-4-15)30(26,27)24-9-7-23(8-10-24)19(25)12-16-14-29-20(22-16)18-2-1-11-28-18/h1-6,11,14H,7-10,12H2. The quantitative estimate of drug-likeness (QED) is 0.586. The summed E-state index contributed by atoms with van der Waals surface area (Å²) in [6, 6.07) is 11.8. The predicted octanol–water partition coefficient (Wildman–Crippen LogP) is 2.82. The lowest BCUT2D eigenvalue weighted by Crippen LogP contribution is -2.50. The van der Waals surface area contributed by atoms with Gasteiger partial charge in [-0.2, -0.15) is 9.57 Å². The molecule has 3 heterocycles. The fraction of sp³-hybridized carbons (Fsp3) is 0.250. The molecular formula is C20H18N4O3S3. The molecule has 10 heteroatoms. The van der Waals surface area contributed by atoms with Crippen LogP contribution in [-0.2, 0) is 21.2 Å². The number of nitrogens with zero attached hydrogens (tertiary/aromatic N) is 4. The van der Waals surface area contributed by atoms with Gasteiger partial charge in [0.25, 0.3) is 0 Å². The molecule has 30 heavy (non-hydrogen) atoms. The Morgan fingerprint density at radius 1 is 1.10 bits per heavy atom. The van der Waals surface area contributed by atoms with Crippen LogP contribution in [0.2, 0.25) is 0 Å². The number of rotatable bonds is 5. The molecule has 0 aliphatic carbocycles. The van der Waals surface area contributed by atoms with Gasteiger partial charge in [-0.3, -0.25) is 4.79 Å². The molecule has 1 aliphatic heterocycles. The topological polar surface area (TPSA) is 94.4 Å². The third-order valence-corrected chi connectivity index (χ3v) is 8.67. The average molecular weight is 459 g/mol. The van der Waals surface area contributed by atoms with Crippen molar-refractivity contribution in [2.24, 2.45) is 0 Å². The zero-order valence-electron chi connectivity index (χ0n) is 15.9. The molecule has 0 radical (unpaired) electrons. The highest BCUT2D eigenvalue weighted by atomic mass is 32.2. The van der Waals surface area contributed by atoms with Crippen LogP contribution in [0.15, 0.2) is 52.1 Å². The van der Waals surface area contributed by atoms with Crippen LogP contribution in [0, 0.1) is 11.3 Å². The predicted molar refractivity (Wildman–Crippen MR) is 116 cm³/mol. The number of thiazole rings is 1. The van der Waals surface area contributed by atoms with Gasteiger partial charge in [0.1, 0.15) is 5.01 Å². The van der Waals surface area contributed by atoms with E-state index in [2.05, 4.69) is 4.98 Å². The first-order valence-electron chi connectivity index (χ1n) is 9.24. The third-order valence-electron chi connectivity index (χ3n) is 4.83. The molecule has 0 bridgehead atoms. The summed E-state index contributed by atoms with van der Waals surface area (Å²) >= 11 is 3.13. The van der Waals surface area contributed by atoms with Gasteiger partial charge in [0.2, 0.25) is 15.9 Å². The number of thiophene rings is 1. The fourth-order valence-corrected chi connectivity index (χ4v) is 6.25. The number of hydrogen-bond acceptors (Lipinski definition) is 7. The first-order chi connectivity index (χ1) is 14.5. The monoisotopic (exact) mass is 458 g/mol. The van der Waals surface area contributed by atoms with Gasteiger partial charge in [-0.05, 0) is 35.7 Å². The molecule has 154 valence electrons. The number of carbonyl (C=O) groups is 1. The fourth-order valence-electron chi connectivity index (χ4n) is 3.20. The Morgan fingerprint density at radius 3 is 2.47 bits per heavy atom. The summed E-state index contributed by atoms with van der Waals surface area (Å²) in [7, 11) is -3.64. The lowest BCUT2D eigenvalue weighted by Gasteiger charge is -2.34. The molecule has 1 amide bonds. The Bertz CT molecular complexity index is 1170.